The highest BCUT2D eigenvalue weighted by Gasteiger charge is 2.53. The normalized spacial score (nSPS) is 18.4. The van der Waals surface area contributed by atoms with E-state index in [-0.39, 0.29) is 28.8 Å². The summed E-state index contributed by atoms with van der Waals surface area (Å²) in [7, 11) is 1.31. The van der Waals surface area contributed by atoms with Crippen LogP contribution in [0.5, 0.6) is 0 Å². The van der Waals surface area contributed by atoms with Gasteiger partial charge in [-0.05, 0) is 18.9 Å². The Morgan fingerprint density at radius 2 is 1.72 bits per heavy atom. The van der Waals surface area contributed by atoms with Gasteiger partial charge >= 0.3 is 5.97 Å². The third-order valence-corrected chi connectivity index (χ3v) is 9.56. The second-order valence-electron chi connectivity index (χ2n) is 11.4. The number of hydrogen-bond acceptors (Lipinski definition) is 12. The van der Waals surface area contributed by atoms with E-state index in [0.717, 1.165) is 37.0 Å². The second kappa shape index (κ2) is 21.2. The highest BCUT2D eigenvalue weighted by Crippen LogP contribution is 2.38. The number of rotatable bonds is 24. The van der Waals surface area contributed by atoms with E-state index in [2.05, 4.69) is 29.3 Å². The zero-order chi connectivity index (χ0) is 33.1. The zero-order valence-corrected chi connectivity index (χ0v) is 29.1. The van der Waals surface area contributed by atoms with Crippen LogP contribution in [0, 0.1) is 0 Å². The average molecular weight is 682 g/mol. The molecule has 46 heavy (non-hydrogen) atoms. The minimum absolute atomic E-state index is 0.0239. The van der Waals surface area contributed by atoms with Crippen molar-refractivity contribution in [1.82, 2.24) is 15.2 Å². The van der Waals surface area contributed by atoms with Gasteiger partial charge in [-0.2, -0.15) is 0 Å². The first kappa shape index (κ1) is 37.8. The van der Waals surface area contributed by atoms with Gasteiger partial charge in [0.15, 0.2) is 10.8 Å². The summed E-state index contributed by atoms with van der Waals surface area (Å²) in [6, 6.07) is -0.851. The lowest BCUT2D eigenvalue weighted by molar-refractivity contribution is -0.155. The van der Waals surface area contributed by atoms with Gasteiger partial charge in [0.25, 0.3) is 11.8 Å². The van der Waals surface area contributed by atoms with Crippen LogP contribution in [0.2, 0.25) is 0 Å². The van der Waals surface area contributed by atoms with Gasteiger partial charge in [-0.25, -0.2) is 9.78 Å². The molecule has 3 unspecified atom stereocenters. The van der Waals surface area contributed by atoms with Crippen molar-refractivity contribution < 1.29 is 33.4 Å². The number of thiazole rings is 1. The van der Waals surface area contributed by atoms with E-state index in [9.17, 15) is 14.4 Å². The number of amides is 2. The number of nitrogen functional groups attached to an aromatic ring is 1. The predicted octanol–water partition coefficient (Wildman–Crippen LogP) is 5.03. The topological polar surface area (TPSA) is 155 Å². The fourth-order valence-corrected chi connectivity index (χ4v) is 6.89. The number of nitrogens with one attached hydrogen (secondary N) is 1. The molecule has 1 aromatic heterocycles. The monoisotopic (exact) mass is 681 g/mol. The number of oxime groups is 1. The number of thioether (sulfide) groups is 1. The van der Waals surface area contributed by atoms with Crippen LogP contribution in [0.25, 0.3) is 0 Å². The van der Waals surface area contributed by atoms with Gasteiger partial charge in [0.05, 0.1) is 6.61 Å². The number of aromatic nitrogens is 1. The molecule has 0 aliphatic carbocycles. The van der Waals surface area contributed by atoms with Crippen LogP contribution in [0.1, 0.15) is 96.6 Å². The van der Waals surface area contributed by atoms with E-state index in [1.54, 1.807) is 11.5 Å². The third kappa shape index (κ3) is 11.8. The Morgan fingerprint density at radius 1 is 1.04 bits per heavy atom. The Balaban J connectivity index is 1.50. The second-order valence-corrected chi connectivity index (χ2v) is 13.4. The van der Waals surface area contributed by atoms with Gasteiger partial charge in [-0.1, -0.05) is 83.2 Å². The summed E-state index contributed by atoms with van der Waals surface area (Å²) < 4.78 is 17.7. The lowest BCUT2D eigenvalue weighted by atomic mass is 10.0. The molecule has 2 amide bonds. The van der Waals surface area contributed by atoms with Gasteiger partial charge in [-0.3, -0.25) is 14.5 Å². The fraction of sp³-hybridized carbons (Fsp3) is 0.719. The van der Waals surface area contributed by atoms with Gasteiger partial charge in [-0.15, -0.1) is 23.1 Å². The molecule has 12 nitrogen and oxygen atoms in total. The Bertz CT molecular complexity index is 1160. The molecule has 3 atom stereocenters. The maximum absolute atomic E-state index is 13.2. The Hall–Kier alpha value is -2.68. The molecule has 258 valence electrons. The van der Waals surface area contributed by atoms with E-state index >= 15 is 0 Å². The molecule has 1 aromatic rings. The highest BCUT2D eigenvalue weighted by molar-refractivity contribution is 8.00. The Morgan fingerprint density at radius 3 is 2.37 bits per heavy atom. The first-order valence-electron chi connectivity index (χ1n) is 16.6. The van der Waals surface area contributed by atoms with Crippen LogP contribution >= 0.6 is 23.1 Å². The lowest BCUT2D eigenvalue weighted by Crippen LogP contribution is -2.70. The standard InChI is InChI=1S/C32H51N5O7S2/c1-4-6-8-10-12-14-17-42-20-23(43-18-15-13-11-9-7-5-2)21-44-31(40)25-16-19-45-30-27(29(39)37(25)30)35-28(38)26(36-41-3)24-22-46-32(33)34-24/h16,22-23,27,30H,4-15,17-21H2,1-3H3,(H2,33,34)(H,35,38)/b36-26+. The van der Waals surface area contributed by atoms with Gasteiger partial charge in [0.1, 0.15) is 42.6 Å². The molecule has 3 rings (SSSR count). The van der Waals surface area contributed by atoms with Gasteiger partial charge < -0.3 is 30.1 Å². The van der Waals surface area contributed by atoms with E-state index in [1.165, 1.54) is 75.1 Å². The minimum atomic E-state index is -0.851. The van der Waals surface area contributed by atoms with Gasteiger partial charge in [0.2, 0.25) is 0 Å². The average Bonchev–Trinajstić information content (AvgIpc) is 3.49. The molecule has 14 heteroatoms. The fourth-order valence-electron chi connectivity index (χ4n) is 5.15. The molecule has 0 radical (unpaired) electrons. The van der Waals surface area contributed by atoms with Gasteiger partial charge in [0, 0.05) is 24.3 Å². The molecule has 0 saturated carbocycles. The lowest BCUT2D eigenvalue weighted by Gasteiger charge is -2.48. The van der Waals surface area contributed by atoms with E-state index in [1.807, 2.05) is 0 Å². The number of fused-ring (bicyclic) bond motifs is 1. The highest BCUT2D eigenvalue weighted by atomic mass is 32.2. The number of anilines is 1. The van der Waals surface area contributed by atoms with Crippen molar-refractivity contribution >= 4 is 51.7 Å². The summed E-state index contributed by atoms with van der Waals surface area (Å²) in [5.74, 6) is -1.17. The summed E-state index contributed by atoms with van der Waals surface area (Å²) in [6.45, 7) is 5.98. The molecule has 3 heterocycles. The first-order chi connectivity index (χ1) is 22.4. The van der Waals surface area contributed by atoms with Crippen LogP contribution in [-0.2, 0) is 33.4 Å². The Kier molecular flexibility index (Phi) is 17.4. The summed E-state index contributed by atoms with van der Waals surface area (Å²) in [5, 5.41) is 7.87. The number of hydrogen-bond donors (Lipinski definition) is 2. The van der Waals surface area contributed by atoms with Crippen LogP contribution in [0.4, 0.5) is 5.13 Å². The molecule has 0 spiro atoms. The molecule has 1 fully saturated rings. The number of esters is 1. The number of ether oxygens (including phenoxy) is 3. The largest absolute Gasteiger partial charge is 0.458 e. The van der Waals surface area contributed by atoms with Crippen molar-refractivity contribution in [2.24, 2.45) is 5.16 Å². The Labute approximate surface area is 281 Å². The van der Waals surface area contributed by atoms with Crippen molar-refractivity contribution in [2.75, 3.05) is 45.0 Å². The van der Waals surface area contributed by atoms with E-state index < -0.39 is 35.3 Å². The van der Waals surface area contributed by atoms with Crippen LogP contribution < -0.4 is 11.1 Å². The van der Waals surface area contributed by atoms with E-state index in [0.29, 0.717) is 25.6 Å². The van der Waals surface area contributed by atoms with Crippen molar-refractivity contribution in [3.8, 4) is 0 Å². The van der Waals surface area contributed by atoms with Crippen LogP contribution in [0.3, 0.4) is 0 Å². The number of nitrogens with two attached hydrogens (primary N) is 1. The maximum Gasteiger partial charge on any atom is 0.354 e. The summed E-state index contributed by atoms with van der Waals surface area (Å²) >= 11 is 2.59. The summed E-state index contributed by atoms with van der Waals surface area (Å²) in [5.41, 5.74) is 6.02. The molecule has 0 aromatic carbocycles. The smallest absolute Gasteiger partial charge is 0.354 e. The molecule has 2 aliphatic rings. The SMILES string of the molecule is CCCCCCCCOCC(COC(=O)C1=CCSC2C(NC(=O)/C(=N/OC)c3csc(N)n3)C(=O)N12)OCCCCCCCC. The zero-order valence-electron chi connectivity index (χ0n) is 27.5. The van der Waals surface area contributed by atoms with Crippen molar-refractivity contribution in [3.05, 3.63) is 22.8 Å². The third-order valence-electron chi connectivity index (χ3n) is 7.70. The maximum atomic E-state index is 13.2. The molecule has 3 N–H and O–H groups in total. The minimum Gasteiger partial charge on any atom is -0.458 e. The summed E-state index contributed by atoms with van der Waals surface area (Å²) in [6.07, 6.45) is 15.3. The summed E-state index contributed by atoms with van der Waals surface area (Å²) in [4.78, 5) is 49.6. The van der Waals surface area contributed by atoms with Crippen molar-refractivity contribution in [3.63, 3.8) is 0 Å². The first-order valence-corrected chi connectivity index (χ1v) is 18.5. The molecular weight excluding hydrogens is 631 g/mol. The number of carbonyl (C=O) groups is 3. The van der Waals surface area contributed by atoms with Crippen molar-refractivity contribution in [1.29, 1.82) is 0 Å². The molecule has 0 bridgehead atoms. The van der Waals surface area contributed by atoms with Crippen LogP contribution in [-0.4, -0.2) is 90.2 Å². The molecule has 1 saturated heterocycles. The molecule has 2 aliphatic heterocycles. The predicted molar refractivity (Wildman–Crippen MR) is 181 cm³/mol. The van der Waals surface area contributed by atoms with E-state index in [4.69, 9.17) is 24.8 Å². The van der Waals surface area contributed by atoms with Crippen LogP contribution in [0.15, 0.2) is 22.3 Å². The number of β-lactam (4-membered cyclic amide) rings is 1. The quantitative estimate of drug-likeness (QED) is 0.0499. The number of nitrogens with zero attached hydrogens (tertiary/aromatic N) is 3. The molecular formula is C32H51N5O7S2. The number of unbranched alkanes of at least 4 members (excludes halogenated alkanes) is 10. The van der Waals surface area contributed by atoms with Crippen molar-refractivity contribution in [2.45, 2.75) is 108 Å². The number of carbonyl (C=O) groups excluding carboxylic acids is 3.